The molecule has 1 aliphatic rings. The van der Waals surface area contributed by atoms with Crippen LogP contribution in [0.2, 0.25) is 0 Å². The number of carbonyl (C=O) groups is 2. The number of amides is 1. The number of alkyl carbamates (subject to hydrolysis) is 1. The van der Waals surface area contributed by atoms with Gasteiger partial charge in [0.2, 0.25) is 0 Å². The van der Waals surface area contributed by atoms with Crippen LogP contribution in [-0.2, 0) is 16.1 Å². The second-order valence-corrected chi connectivity index (χ2v) is 9.45. The lowest BCUT2D eigenvalue weighted by atomic mass is 9.98. The van der Waals surface area contributed by atoms with Crippen LogP contribution in [0.25, 0.3) is 11.1 Å². The maximum Gasteiger partial charge on any atom is 0.408 e. The van der Waals surface area contributed by atoms with Crippen molar-refractivity contribution >= 4 is 28.0 Å². The van der Waals surface area contributed by atoms with E-state index < -0.39 is 18.1 Å². The predicted molar refractivity (Wildman–Crippen MR) is 141 cm³/mol. The SMILES string of the molecule is O=C(NC(C(=O)O)c1cc(Br)ccc1OCc1ccccn1)OCC1c2ccccc2-c2ccccc21. The smallest absolute Gasteiger partial charge is 0.408 e. The second kappa shape index (κ2) is 10.8. The molecule has 2 N–H and O–H groups in total. The molecule has 186 valence electrons. The zero-order valence-electron chi connectivity index (χ0n) is 19.6. The Morgan fingerprint density at radius 1 is 0.946 bits per heavy atom. The third-order valence-corrected chi connectivity index (χ3v) is 6.73. The number of nitrogens with zero attached hydrogens (tertiary/aromatic N) is 1. The number of rotatable bonds is 8. The molecule has 1 unspecified atom stereocenters. The molecule has 1 aliphatic carbocycles. The summed E-state index contributed by atoms with van der Waals surface area (Å²) in [6.45, 7) is 0.223. The Morgan fingerprint density at radius 3 is 2.27 bits per heavy atom. The third-order valence-electron chi connectivity index (χ3n) is 6.24. The van der Waals surface area contributed by atoms with Gasteiger partial charge in [-0.15, -0.1) is 0 Å². The average Bonchev–Trinajstić information content (AvgIpc) is 3.24. The summed E-state index contributed by atoms with van der Waals surface area (Å²) in [5, 5.41) is 12.5. The molecular weight excluding hydrogens is 536 g/mol. The minimum atomic E-state index is -1.38. The van der Waals surface area contributed by atoms with E-state index in [2.05, 4.69) is 38.4 Å². The molecule has 1 atom stereocenters. The highest BCUT2D eigenvalue weighted by molar-refractivity contribution is 9.10. The summed E-state index contributed by atoms with van der Waals surface area (Å²) in [6.07, 6.45) is 0.824. The Labute approximate surface area is 222 Å². The van der Waals surface area contributed by atoms with Crippen molar-refractivity contribution in [3.05, 3.63) is 118 Å². The van der Waals surface area contributed by atoms with E-state index >= 15 is 0 Å². The minimum Gasteiger partial charge on any atom is -0.487 e. The summed E-state index contributed by atoms with van der Waals surface area (Å²) >= 11 is 3.38. The van der Waals surface area contributed by atoms with E-state index in [1.54, 1.807) is 30.5 Å². The fraction of sp³-hybridized carbons (Fsp3) is 0.138. The highest BCUT2D eigenvalue weighted by atomic mass is 79.9. The molecule has 0 bridgehead atoms. The van der Waals surface area contributed by atoms with Crippen LogP contribution in [0.5, 0.6) is 5.75 Å². The third kappa shape index (κ3) is 5.34. The maximum atomic E-state index is 12.8. The van der Waals surface area contributed by atoms with Gasteiger partial charge in [0.15, 0.2) is 6.04 Å². The van der Waals surface area contributed by atoms with Crippen molar-refractivity contribution in [2.24, 2.45) is 0 Å². The first-order valence-electron chi connectivity index (χ1n) is 11.7. The molecule has 0 radical (unpaired) electrons. The molecular formula is C29H23BrN2O5. The van der Waals surface area contributed by atoms with Gasteiger partial charge in [0, 0.05) is 22.2 Å². The molecule has 1 aromatic heterocycles. The number of hydrogen-bond donors (Lipinski definition) is 2. The zero-order valence-corrected chi connectivity index (χ0v) is 21.2. The summed E-state index contributed by atoms with van der Waals surface area (Å²) in [5.74, 6) is -1.06. The molecule has 0 fully saturated rings. The standard InChI is InChI=1S/C29H23BrN2O5/c30-18-12-13-26(36-16-19-7-5-6-14-31-19)24(15-18)27(28(33)34)32-29(35)37-17-25-22-10-3-1-8-20(22)21-9-2-4-11-23(21)25/h1-15,25,27H,16-17H2,(H,32,35)(H,33,34). The van der Waals surface area contributed by atoms with E-state index in [4.69, 9.17) is 9.47 Å². The lowest BCUT2D eigenvalue weighted by molar-refractivity contribution is -0.139. The summed E-state index contributed by atoms with van der Waals surface area (Å²) in [4.78, 5) is 29.3. The molecule has 8 heteroatoms. The van der Waals surface area contributed by atoms with Gasteiger partial charge in [-0.25, -0.2) is 9.59 Å². The Balaban J connectivity index is 1.31. The van der Waals surface area contributed by atoms with Gasteiger partial charge in [-0.2, -0.15) is 0 Å². The quantitative estimate of drug-likeness (QED) is 0.271. The maximum absolute atomic E-state index is 12.8. The summed E-state index contributed by atoms with van der Waals surface area (Å²) in [6, 6.07) is 25.1. The molecule has 7 nitrogen and oxygen atoms in total. The van der Waals surface area contributed by atoms with Crippen LogP contribution in [0.4, 0.5) is 4.79 Å². The van der Waals surface area contributed by atoms with Gasteiger partial charge in [0.25, 0.3) is 0 Å². The van der Waals surface area contributed by atoms with E-state index in [1.807, 2.05) is 48.5 Å². The molecule has 3 aromatic carbocycles. The van der Waals surface area contributed by atoms with Crippen molar-refractivity contribution < 1.29 is 24.2 Å². The monoisotopic (exact) mass is 558 g/mol. The van der Waals surface area contributed by atoms with Crippen molar-refractivity contribution in [3.8, 4) is 16.9 Å². The van der Waals surface area contributed by atoms with Crippen LogP contribution >= 0.6 is 15.9 Å². The summed E-state index contributed by atoms with van der Waals surface area (Å²) in [7, 11) is 0. The topological polar surface area (TPSA) is 97.8 Å². The van der Waals surface area contributed by atoms with E-state index in [0.29, 0.717) is 15.9 Å². The Kier molecular flexibility index (Phi) is 7.18. The van der Waals surface area contributed by atoms with Crippen molar-refractivity contribution in [2.45, 2.75) is 18.6 Å². The van der Waals surface area contributed by atoms with Gasteiger partial charge in [-0.05, 0) is 52.6 Å². The van der Waals surface area contributed by atoms with Crippen molar-refractivity contribution in [1.29, 1.82) is 0 Å². The normalized spacial score (nSPS) is 12.8. The van der Waals surface area contributed by atoms with Gasteiger partial charge in [-0.1, -0.05) is 70.5 Å². The van der Waals surface area contributed by atoms with Crippen LogP contribution in [-0.4, -0.2) is 28.8 Å². The van der Waals surface area contributed by atoms with Crippen LogP contribution in [0.1, 0.15) is 34.3 Å². The summed E-state index contributed by atoms with van der Waals surface area (Å²) < 4.78 is 12.1. The van der Waals surface area contributed by atoms with Crippen LogP contribution in [0, 0.1) is 0 Å². The molecule has 4 aromatic rings. The average molecular weight is 559 g/mol. The molecule has 0 saturated carbocycles. The summed E-state index contributed by atoms with van der Waals surface area (Å²) in [5.41, 5.74) is 5.34. The fourth-order valence-electron chi connectivity index (χ4n) is 4.54. The highest BCUT2D eigenvalue weighted by Gasteiger charge is 2.31. The van der Waals surface area contributed by atoms with Gasteiger partial charge in [0.1, 0.15) is 19.0 Å². The van der Waals surface area contributed by atoms with E-state index in [0.717, 1.165) is 22.3 Å². The van der Waals surface area contributed by atoms with E-state index in [-0.39, 0.29) is 24.7 Å². The van der Waals surface area contributed by atoms with Gasteiger partial charge < -0.3 is 19.9 Å². The molecule has 0 aliphatic heterocycles. The number of halogens is 1. The van der Waals surface area contributed by atoms with E-state index in [9.17, 15) is 14.7 Å². The number of aliphatic carboxylic acids is 1. The van der Waals surface area contributed by atoms with Crippen molar-refractivity contribution in [1.82, 2.24) is 10.3 Å². The van der Waals surface area contributed by atoms with Crippen LogP contribution in [0.3, 0.4) is 0 Å². The molecule has 0 spiro atoms. The number of pyridine rings is 1. The first kappa shape index (κ1) is 24.5. The first-order chi connectivity index (χ1) is 18.0. The number of benzene rings is 3. The zero-order chi connectivity index (χ0) is 25.8. The number of aromatic nitrogens is 1. The minimum absolute atomic E-state index is 0.0771. The fourth-order valence-corrected chi connectivity index (χ4v) is 4.92. The Hall–Kier alpha value is -4.17. The highest BCUT2D eigenvalue weighted by Crippen LogP contribution is 2.44. The number of carboxylic acids is 1. The Bertz CT molecular complexity index is 1400. The number of fused-ring (bicyclic) bond motifs is 3. The molecule has 1 heterocycles. The molecule has 37 heavy (non-hydrogen) atoms. The number of hydrogen-bond acceptors (Lipinski definition) is 5. The van der Waals surface area contributed by atoms with Gasteiger partial charge in [-0.3, -0.25) is 4.98 Å². The molecule has 1 amide bonds. The number of ether oxygens (including phenoxy) is 2. The number of carbonyl (C=O) groups excluding carboxylic acids is 1. The lowest BCUT2D eigenvalue weighted by Crippen LogP contribution is -2.35. The molecule has 5 rings (SSSR count). The van der Waals surface area contributed by atoms with Crippen molar-refractivity contribution in [3.63, 3.8) is 0 Å². The van der Waals surface area contributed by atoms with Crippen LogP contribution in [0.15, 0.2) is 95.6 Å². The second-order valence-electron chi connectivity index (χ2n) is 8.53. The van der Waals surface area contributed by atoms with Gasteiger partial charge >= 0.3 is 12.1 Å². The van der Waals surface area contributed by atoms with Gasteiger partial charge in [0.05, 0.1) is 5.69 Å². The lowest BCUT2D eigenvalue weighted by Gasteiger charge is -2.20. The number of carboxylic acid groups (broad SMARTS) is 1. The largest absolute Gasteiger partial charge is 0.487 e. The Morgan fingerprint density at radius 2 is 1.62 bits per heavy atom. The number of nitrogens with one attached hydrogen (secondary N) is 1. The van der Waals surface area contributed by atoms with Crippen LogP contribution < -0.4 is 10.1 Å². The predicted octanol–water partition coefficient (Wildman–Crippen LogP) is 6.09. The van der Waals surface area contributed by atoms with E-state index in [1.165, 1.54) is 0 Å². The molecule has 0 saturated heterocycles. The van der Waals surface area contributed by atoms with Crippen molar-refractivity contribution in [2.75, 3.05) is 6.61 Å². The first-order valence-corrected chi connectivity index (χ1v) is 12.5.